The second kappa shape index (κ2) is 5.77. The molecule has 0 unspecified atom stereocenters. The Kier molecular flexibility index (Phi) is 4.31. The number of hydrogen-bond donors (Lipinski definition) is 0. The molecular weight excluding hydrogens is 218 g/mol. The number of rotatable bonds is 4. The van der Waals surface area contributed by atoms with E-state index in [4.69, 9.17) is 0 Å². The predicted molar refractivity (Wildman–Crippen MR) is 80.3 cm³/mol. The van der Waals surface area contributed by atoms with E-state index in [-0.39, 0.29) is 0 Å². The summed E-state index contributed by atoms with van der Waals surface area (Å²) in [5, 5.41) is 0. The van der Waals surface area contributed by atoms with Crippen LogP contribution < -0.4 is 4.90 Å². The van der Waals surface area contributed by atoms with Crippen LogP contribution in [0.25, 0.3) is 0 Å². The molecule has 0 aromatic heterocycles. The lowest BCUT2D eigenvalue weighted by molar-refractivity contribution is 0.188. The monoisotopic (exact) mass is 245 g/mol. The van der Waals surface area contributed by atoms with Crippen molar-refractivity contribution in [2.24, 2.45) is 5.41 Å². The average Bonchev–Trinajstić information content (AvgIpc) is 2.41. The van der Waals surface area contributed by atoms with Gasteiger partial charge in [-0.05, 0) is 43.7 Å². The Morgan fingerprint density at radius 2 is 1.67 bits per heavy atom. The number of aryl methyl sites for hydroxylation is 1. The van der Waals surface area contributed by atoms with Gasteiger partial charge < -0.3 is 4.90 Å². The molecule has 0 radical (unpaired) electrons. The molecule has 0 amide bonds. The summed E-state index contributed by atoms with van der Waals surface area (Å²) in [6, 6.07) is 8.99. The molecule has 0 bridgehead atoms. The van der Waals surface area contributed by atoms with E-state index in [2.05, 4.69) is 49.9 Å². The summed E-state index contributed by atoms with van der Waals surface area (Å²) in [7, 11) is 0. The first-order chi connectivity index (χ1) is 8.69. The van der Waals surface area contributed by atoms with Gasteiger partial charge in [-0.15, -0.1) is 0 Å². The summed E-state index contributed by atoms with van der Waals surface area (Å²) in [6.07, 6.45) is 6.82. The first-order valence-corrected chi connectivity index (χ1v) is 7.51. The predicted octanol–water partition coefficient (Wildman–Crippen LogP) is 4.79. The van der Waals surface area contributed by atoms with Crippen LogP contribution in [0, 0.1) is 12.3 Å². The molecule has 0 saturated carbocycles. The molecule has 1 heterocycles. The Bertz CT molecular complexity index is 358. The number of anilines is 1. The van der Waals surface area contributed by atoms with Crippen LogP contribution in [0.4, 0.5) is 5.69 Å². The van der Waals surface area contributed by atoms with Gasteiger partial charge in [0, 0.05) is 18.8 Å². The lowest BCUT2D eigenvalue weighted by Gasteiger charge is -2.42. The maximum absolute atomic E-state index is 2.56. The molecule has 0 N–H and O–H groups in total. The van der Waals surface area contributed by atoms with Crippen LogP contribution in [0.3, 0.4) is 0 Å². The standard InChI is InChI=1S/C17H27N/c1-4-10-17(5-2)11-13-18(14-12-17)16-8-6-15(3)7-9-16/h6-9H,4-5,10-14H2,1-3H3. The molecule has 1 fully saturated rings. The van der Waals surface area contributed by atoms with Crippen LogP contribution in [0.1, 0.15) is 51.5 Å². The van der Waals surface area contributed by atoms with Crippen LogP contribution in [-0.2, 0) is 0 Å². The van der Waals surface area contributed by atoms with Crippen molar-refractivity contribution in [1.82, 2.24) is 0 Å². The normalized spacial score (nSPS) is 18.9. The van der Waals surface area contributed by atoms with Crippen LogP contribution in [0.2, 0.25) is 0 Å². The maximum Gasteiger partial charge on any atom is 0.0366 e. The van der Waals surface area contributed by atoms with E-state index < -0.39 is 0 Å². The van der Waals surface area contributed by atoms with Gasteiger partial charge in [0.25, 0.3) is 0 Å². The first-order valence-electron chi connectivity index (χ1n) is 7.51. The van der Waals surface area contributed by atoms with Gasteiger partial charge in [-0.3, -0.25) is 0 Å². The minimum Gasteiger partial charge on any atom is -0.371 e. The van der Waals surface area contributed by atoms with Gasteiger partial charge in [0.05, 0.1) is 0 Å². The average molecular weight is 245 g/mol. The van der Waals surface area contributed by atoms with Gasteiger partial charge in [-0.2, -0.15) is 0 Å². The molecule has 1 aromatic rings. The van der Waals surface area contributed by atoms with Crippen molar-refractivity contribution in [2.45, 2.75) is 52.9 Å². The van der Waals surface area contributed by atoms with E-state index in [0.29, 0.717) is 5.41 Å². The SMILES string of the molecule is CCCC1(CC)CCN(c2ccc(C)cc2)CC1. The van der Waals surface area contributed by atoms with E-state index in [0.717, 1.165) is 0 Å². The zero-order valence-corrected chi connectivity index (χ0v) is 12.2. The number of hydrogen-bond acceptors (Lipinski definition) is 1. The van der Waals surface area contributed by atoms with Gasteiger partial charge in [0.2, 0.25) is 0 Å². The molecule has 1 aliphatic rings. The highest BCUT2D eigenvalue weighted by molar-refractivity contribution is 5.47. The summed E-state index contributed by atoms with van der Waals surface area (Å²) in [6.45, 7) is 9.32. The summed E-state index contributed by atoms with van der Waals surface area (Å²) >= 11 is 0. The summed E-state index contributed by atoms with van der Waals surface area (Å²) in [5.74, 6) is 0. The highest BCUT2D eigenvalue weighted by atomic mass is 15.1. The van der Waals surface area contributed by atoms with Crippen LogP contribution in [0.15, 0.2) is 24.3 Å². The molecule has 1 nitrogen and oxygen atoms in total. The minimum absolute atomic E-state index is 0.635. The Hall–Kier alpha value is -0.980. The van der Waals surface area contributed by atoms with Gasteiger partial charge >= 0.3 is 0 Å². The van der Waals surface area contributed by atoms with Crippen molar-refractivity contribution >= 4 is 5.69 Å². The molecule has 0 spiro atoms. The fraction of sp³-hybridized carbons (Fsp3) is 0.647. The third kappa shape index (κ3) is 2.88. The molecule has 1 heteroatoms. The molecular formula is C17H27N. The van der Waals surface area contributed by atoms with Crippen molar-refractivity contribution in [3.63, 3.8) is 0 Å². The molecule has 2 rings (SSSR count). The lowest BCUT2D eigenvalue weighted by Crippen LogP contribution is -2.39. The van der Waals surface area contributed by atoms with Crippen LogP contribution in [-0.4, -0.2) is 13.1 Å². The molecule has 100 valence electrons. The molecule has 0 aliphatic carbocycles. The van der Waals surface area contributed by atoms with E-state index in [1.807, 2.05) is 0 Å². The molecule has 18 heavy (non-hydrogen) atoms. The molecule has 1 aliphatic heterocycles. The van der Waals surface area contributed by atoms with Crippen molar-refractivity contribution < 1.29 is 0 Å². The quantitative estimate of drug-likeness (QED) is 0.737. The fourth-order valence-electron chi connectivity index (χ4n) is 3.31. The minimum atomic E-state index is 0.635. The van der Waals surface area contributed by atoms with E-state index in [1.165, 1.54) is 56.4 Å². The number of piperidine rings is 1. The molecule has 1 aromatic carbocycles. The van der Waals surface area contributed by atoms with Gasteiger partial charge in [0.1, 0.15) is 0 Å². The highest BCUT2D eigenvalue weighted by Gasteiger charge is 2.31. The van der Waals surface area contributed by atoms with Crippen molar-refractivity contribution in [2.75, 3.05) is 18.0 Å². The Balaban J connectivity index is 1.99. The van der Waals surface area contributed by atoms with E-state index in [1.54, 1.807) is 0 Å². The zero-order valence-electron chi connectivity index (χ0n) is 12.2. The smallest absolute Gasteiger partial charge is 0.0366 e. The largest absolute Gasteiger partial charge is 0.371 e. The van der Waals surface area contributed by atoms with E-state index >= 15 is 0 Å². The Labute approximate surface area is 112 Å². The number of benzene rings is 1. The third-order valence-electron chi connectivity index (χ3n) is 4.75. The van der Waals surface area contributed by atoms with Crippen molar-refractivity contribution in [3.05, 3.63) is 29.8 Å². The van der Waals surface area contributed by atoms with Gasteiger partial charge in [-0.25, -0.2) is 0 Å². The topological polar surface area (TPSA) is 3.24 Å². The fourth-order valence-corrected chi connectivity index (χ4v) is 3.31. The Morgan fingerprint density at radius 3 is 2.17 bits per heavy atom. The second-order valence-electron chi connectivity index (χ2n) is 5.93. The molecule has 0 atom stereocenters. The van der Waals surface area contributed by atoms with E-state index in [9.17, 15) is 0 Å². The second-order valence-corrected chi connectivity index (χ2v) is 5.93. The Morgan fingerprint density at radius 1 is 1.06 bits per heavy atom. The first kappa shape index (κ1) is 13.5. The summed E-state index contributed by atoms with van der Waals surface area (Å²) in [4.78, 5) is 2.56. The maximum atomic E-state index is 2.56. The van der Waals surface area contributed by atoms with Crippen molar-refractivity contribution in [3.8, 4) is 0 Å². The van der Waals surface area contributed by atoms with Gasteiger partial charge in [0.15, 0.2) is 0 Å². The highest BCUT2D eigenvalue weighted by Crippen LogP contribution is 2.40. The summed E-state index contributed by atoms with van der Waals surface area (Å²) < 4.78 is 0. The van der Waals surface area contributed by atoms with Crippen LogP contribution in [0.5, 0.6) is 0 Å². The van der Waals surface area contributed by atoms with Crippen molar-refractivity contribution in [1.29, 1.82) is 0 Å². The third-order valence-corrected chi connectivity index (χ3v) is 4.75. The lowest BCUT2D eigenvalue weighted by atomic mass is 9.73. The van der Waals surface area contributed by atoms with Crippen LogP contribution >= 0.6 is 0 Å². The molecule has 1 saturated heterocycles. The van der Waals surface area contributed by atoms with Gasteiger partial charge in [-0.1, -0.05) is 44.4 Å². The zero-order chi connectivity index (χ0) is 13.0. The summed E-state index contributed by atoms with van der Waals surface area (Å²) in [5.41, 5.74) is 3.39. The number of nitrogens with zero attached hydrogens (tertiary/aromatic N) is 1.